The van der Waals surface area contributed by atoms with Crippen molar-refractivity contribution in [2.45, 2.75) is 25.4 Å². The number of ether oxygens (including phenoxy) is 1. The summed E-state index contributed by atoms with van der Waals surface area (Å²) in [5, 5.41) is 5.47. The summed E-state index contributed by atoms with van der Waals surface area (Å²) < 4.78 is 43.2. The van der Waals surface area contributed by atoms with Crippen molar-refractivity contribution in [3.05, 3.63) is 59.2 Å². The molecule has 1 saturated heterocycles. The highest BCUT2D eigenvalue weighted by Crippen LogP contribution is 2.30. The van der Waals surface area contributed by atoms with E-state index in [1.54, 1.807) is 25.3 Å². The molecular formula is C23H26F3N3O3. The van der Waals surface area contributed by atoms with E-state index in [-0.39, 0.29) is 11.5 Å². The van der Waals surface area contributed by atoms with Crippen LogP contribution < -0.4 is 15.5 Å². The number of nitrogens with zero attached hydrogens (tertiary/aromatic N) is 1. The fourth-order valence-electron chi connectivity index (χ4n) is 3.58. The molecule has 2 N–H and O–H groups in total. The van der Waals surface area contributed by atoms with E-state index in [9.17, 15) is 22.8 Å². The molecule has 0 atom stereocenters. The van der Waals surface area contributed by atoms with Crippen molar-refractivity contribution in [3.8, 4) is 0 Å². The average Bonchev–Trinajstić information content (AvgIpc) is 2.79. The van der Waals surface area contributed by atoms with Crippen LogP contribution in [-0.4, -0.2) is 45.2 Å². The lowest BCUT2D eigenvalue weighted by Crippen LogP contribution is -2.33. The molecule has 2 aromatic rings. The molecule has 0 unspecified atom stereocenters. The number of amides is 2. The molecule has 6 nitrogen and oxygen atoms in total. The normalized spacial score (nSPS) is 14.2. The van der Waals surface area contributed by atoms with Crippen molar-refractivity contribution in [1.82, 2.24) is 5.32 Å². The fraction of sp³-hybridized carbons (Fsp3) is 0.391. The first-order valence-electron chi connectivity index (χ1n) is 10.4. The molecule has 2 aromatic carbocycles. The standard InChI is InChI=1S/C23H26F3N3O3/c1-32-14-11-27-22(31)19-15-18(9-10-20(19)29-12-3-2-4-13-29)28-21(30)16-5-7-17(8-6-16)23(24,25)26/h5-10,15H,2-4,11-14H2,1H3,(H,27,31)(H,28,30). The van der Waals surface area contributed by atoms with Crippen molar-refractivity contribution in [1.29, 1.82) is 0 Å². The molecular weight excluding hydrogens is 423 g/mol. The lowest BCUT2D eigenvalue weighted by molar-refractivity contribution is -0.137. The van der Waals surface area contributed by atoms with Gasteiger partial charge < -0.3 is 20.3 Å². The largest absolute Gasteiger partial charge is 0.416 e. The highest BCUT2D eigenvalue weighted by Gasteiger charge is 2.30. The molecule has 0 aliphatic carbocycles. The Kier molecular flexibility index (Phi) is 7.74. The second-order valence-electron chi connectivity index (χ2n) is 7.56. The van der Waals surface area contributed by atoms with Crippen LogP contribution in [0.2, 0.25) is 0 Å². The summed E-state index contributed by atoms with van der Waals surface area (Å²) in [6.07, 6.45) is -1.24. The number of nitrogens with one attached hydrogen (secondary N) is 2. The van der Waals surface area contributed by atoms with Gasteiger partial charge in [0, 0.05) is 43.7 Å². The molecule has 1 aliphatic heterocycles. The van der Waals surface area contributed by atoms with Crippen molar-refractivity contribution in [2.75, 3.05) is 43.6 Å². The fourth-order valence-corrected chi connectivity index (χ4v) is 3.58. The molecule has 0 aromatic heterocycles. The number of piperidine rings is 1. The Hall–Kier alpha value is -3.07. The van der Waals surface area contributed by atoms with E-state index in [0.29, 0.717) is 24.4 Å². The number of anilines is 2. The second-order valence-corrected chi connectivity index (χ2v) is 7.56. The summed E-state index contributed by atoms with van der Waals surface area (Å²) in [5.41, 5.74) is 0.854. The van der Waals surface area contributed by atoms with Gasteiger partial charge in [0.05, 0.1) is 17.7 Å². The molecule has 1 fully saturated rings. The molecule has 172 valence electrons. The van der Waals surface area contributed by atoms with Gasteiger partial charge in [-0.3, -0.25) is 9.59 Å². The predicted octanol–water partition coefficient (Wildman–Crippen LogP) is 4.32. The van der Waals surface area contributed by atoms with E-state index in [1.807, 2.05) is 0 Å². The van der Waals surface area contributed by atoms with Gasteiger partial charge in [-0.05, 0) is 61.7 Å². The molecule has 0 saturated carbocycles. The van der Waals surface area contributed by atoms with E-state index in [4.69, 9.17) is 4.74 Å². The lowest BCUT2D eigenvalue weighted by atomic mass is 10.1. The minimum absolute atomic E-state index is 0.0872. The molecule has 1 aliphatic rings. The van der Waals surface area contributed by atoms with Crippen molar-refractivity contribution in [3.63, 3.8) is 0 Å². The number of carbonyl (C=O) groups is 2. The third kappa shape index (κ3) is 6.00. The topological polar surface area (TPSA) is 70.7 Å². The van der Waals surface area contributed by atoms with Gasteiger partial charge in [-0.2, -0.15) is 13.2 Å². The van der Waals surface area contributed by atoms with Gasteiger partial charge in [-0.1, -0.05) is 0 Å². The zero-order chi connectivity index (χ0) is 23.1. The highest BCUT2D eigenvalue weighted by atomic mass is 19.4. The molecule has 0 bridgehead atoms. The van der Waals surface area contributed by atoms with Gasteiger partial charge in [0.25, 0.3) is 11.8 Å². The number of methoxy groups -OCH3 is 1. The smallest absolute Gasteiger partial charge is 0.383 e. The Morgan fingerprint density at radius 2 is 1.69 bits per heavy atom. The summed E-state index contributed by atoms with van der Waals surface area (Å²) >= 11 is 0. The van der Waals surface area contributed by atoms with E-state index >= 15 is 0 Å². The van der Waals surface area contributed by atoms with E-state index in [2.05, 4.69) is 15.5 Å². The summed E-state index contributed by atoms with van der Waals surface area (Å²) in [7, 11) is 1.54. The van der Waals surface area contributed by atoms with Crippen LogP contribution >= 0.6 is 0 Å². The Labute approximate surface area is 184 Å². The third-order valence-electron chi connectivity index (χ3n) is 5.26. The maximum Gasteiger partial charge on any atom is 0.416 e. The maximum atomic E-state index is 12.8. The van der Waals surface area contributed by atoms with Gasteiger partial charge >= 0.3 is 6.18 Å². The maximum absolute atomic E-state index is 12.8. The SMILES string of the molecule is COCCNC(=O)c1cc(NC(=O)c2ccc(C(F)(F)F)cc2)ccc1N1CCCCC1. The molecule has 0 radical (unpaired) electrons. The summed E-state index contributed by atoms with van der Waals surface area (Å²) in [5.74, 6) is -0.844. The van der Waals surface area contributed by atoms with E-state index in [1.165, 1.54) is 0 Å². The molecule has 1 heterocycles. The first kappa shape index (κ1) is 23.6. The monoisotopic (exact) mass is 449 g/mol. The van der Waals surface area contributed by atoms with Crippen molar-refractivity contribution >= 4 is 23.2 Å². The van der Waals surface area contributed by atoms with Crippen molar-refractivity contribution < 1.29 is 27.5 Å². The summed E-state index contributed by atoms with van der Waals surface area (Å²) in [4.78, 5) is 27.5. The molecule has 2 amide bonds. The Morgan fingerprint density at radius 1 is 1.00 bits per heavy atom. The van der Waals surface area contributed by atoms with E-state index in [0.717, 1.165) is 62.3 Å². The quantitative estimate of drug-likeness (QED) is 0.618. The zero-order valence-electron chi connectivity index (χ0n) is 17.8. The van der Waals surface area contributed by atoms with Crippen LogP contribution in [0.1, 0.15) is 45.5 Å². The minimum Gasteiger partial charge on any atom is -0.383 e. The van der Waals surface area contributed by atoms with Gasteiger partial charge in [0.15, 0.2) is 0 Å². The number of halogens is 3. The predicted molar refractivity (Wildman–Crippen MR) is 116 cm³/mol. The van der Waals surface area contributed by atoms with Crippen LogP contribution in [0.15, 0.2) is 42.5 Å². The van der Waals surface area contributed by atoms with Crippen LogP contribution in [-0.2, 0) is 10.9 Å². The first-order chi connectivity index (χ1) is 15.3. The van der Waals surface area contributed by atoms with Crippen LogP contribution in [0.5, 0.6) is 0 Å². The average molecular weight is 449 g/mol. The van der Waals surface area contributed by atoms with Crippen LogP contribution in [0.3, 0.4) is 0 Å². The van der Waals surface area contributed by atoms with Gasteiger partial charge in [-0.25, -0.2) is 0 Å². The number of alkyl halides is 3. The van der Waals surface area contributed by atoms with Crippen LogP contribution in [0.25, 0.3) is 0 Å². The van der Waals surface area contributed by atoms with E-state index < -0.39 is 17.6 Å². The van der Waals surface area contributed by atoms with Crippen LogP contribution in [0, 0.1) is 0 Å². The number of hydrogen-bond acceptors (Lipinski definition) is 4. The second kappa shape index (κ2) is 10.5. The van der Waals surface area contributed by atoms with Crippen LogP contribution in [0.4, 0.5) is 24.5 Å². The zero-order valence-corrected chi connectivity index (χ0v) is 17.8. The molecule has 3 rings (SSSR count). The molecule has 32 heavy (non-hydrogen) atoms. The number of carbonyl (C=O) groups excluding carboxylic acids is 2. The first-order valence-corrected chi connectivity index (χ1v) is 10.4. The summed E-state index contributed by atoms with van der Waals surface area (Å²) in [6.45, 7) is 2.40. The third-order valence-corrected chi connectivity index (χ3v) is 5.26. The minimum atomic E-state index is -4.47. The van der Waals surface area contributed by atoms with Crippen molar-refractivity contribution in [2.24, 2.45) is 0 Å². The summed E-state index contributed by atoms with van der Waals surface area (Å²) in [6, 6.07) is 9.05. The van der Waals surface area contributed by atoms with Gasteiger partial charge in [0.2, 0.25) is 0 Å². The number of benzene rings is 2. The Morgan fingerprint density at radius 3 is 2.31 bits per heavy atom. The number of rotatable bonds is 7. The Bertz CT molecular complexity index is 940. The Balaban J connectivity index is 1.80. The highest BCUT2D eigenvalue weighted by molar-refractivity contribution is 6.06. The van der Waals surface area contributed by atoms with Gasteiger partial charge in [0.1, 0.15) is 0 Å². The molecule has 0 spiro atoms. The molecule has 9 heteroatoms. The lowest BCUT2D eigenvalue weighted by Gasteiger charge is -2.30. The van der Waals surface area contributed by atoms with Gasteiger partial charge in [-0.15, -0.1) is 0 Å². The number of hydrogen-bond donors (Lipinski definition) is 2.